The van der Waals surface area contributed by atoms with Crippen molar-refractivity contribution >= 4 is 17.6 Å². The number of nitrogens with one attached hydrogen (secondary N) is 2. The summed E-state index contributed by atoms with van der Waals surface area (Å²) in [5.74, 6) is 2.51. The van der Waals surface area contributed by atoms with Crippen LogP contribution < -0.4 is 5.32 Å². The molecular formula is C16H24N4OS. The van der Waals surface area contributed by atoms with Crippen LogP contribution >= 0.6 is 11.8 Å². The molecule has 0 amide bonds. The summed E-state index contributed by atoms with van der Waals surface area (Å²) in [7, 11) is 0. The van der Waals surface area contributed by atoms with E-state index in [1.54, 1.807) is 11.8 Å². The zero-order chi connectivity index (χ0) is 16.0. The predicted octanol–water partition coefficient (Wildman–Crippen LogP) is 2.94. The molecule has 0 saturated heterocycles. The van der Waals surface area contributed by atoms with E-state index in [0.29, 0.717) is 6.54 Å². The van der Waals surface area contributed by atoms with E-state index in [-0.39, 0.29) is 12.0 Å². The van der Waals surface area contributed by atoms with Crippen LogP contribution in [0.4, 0.5) is 5.82 Å². The van der Waals surface area contributed by atoms with Crippen molar-refractivity contribution in [3.05, 3.63) is 41.3 Å². The normalized spacial score (nSPS) is 11.6. The lowest BCUT2D eigenvalue weighted by Crippen LogP contribution is -2.15. The van der Waals surface area contributed by atoms with E-state index in [9.17, 15) is 0 Å². The lowest BCUT2D eigenvalue weighted by molar-refractivity contribution is 0.322. The molecule has 22 heavy (non-hydrogen) atoms. The minimum Gasteiger partial charge on any atom is -0.396 e. The summed E-state index contributed by atoms with van der Waals surface area (Å²) >= 11 is 1.72. The van der Waals surface area contributed by atoms with Crippen LogP contribution in [0.15, 0.2) is 24.5 Å². The third-order valence-electron chi connectivity index (χ3n) is 3.26. The monoisotopic (exact) mass is 320 g/mol. The number of aliphatic hydroxyl groups excluding tert-OH is 1. The minimum absolute atomic E-state index is 0.0454. The van der Waals surface area contributed by atoms with Crippen LogP contribution in [-0.4, -0.2) is 32.6 Å². The first-order chi connectivity index (χ1) is 10.5. The van der Waals surface area contributed by atoms with E-state index >= 15 is 0 Å². The molecule has 6 heteroatoms. The average molecular weight is 320 g/mol. The van der Waals surface area contributed by atoms with Crippen molar-refractivity contribution in [3.63, 3.8) is 0 Å². The summed E-state index contributed by atoms with van der Waals surface area (Å²) < 4.78 is 0. The Labute approximate surface area is 135 Å². The third-order valence-corrected chi connectivity index (χ3v) is 4.27. The summed E-state index contributed by atoms with van der Waals surface area (Å²) in [6.07, 6.45) is 3.69. The molecular weight excluding hydrogens is 296 g/mol. The first-order valence-corrected chi connectivity index (χ1v) is 8.56. The first-order valence-electron chi connectivity index (χ1n) is 7.41. The molecule has 3 N–H and O–H groups in total. The second kappa shape index (κ2) is 7.65. The predicted molar refractivity (Wildman–Crippen MR) is 92.1 cm³/mol. The van der Waals surface area contributed by atoms with Gasteiger partial charge in [-0.25, -0.2) is 4.98 Å². The van der Waals surface area contributed by atoms with Gasteiger partial charge in [-0.15, -0.1) is 0 Å². The highest BCUT2D eigenvalue weighted by atomic mass is 32.2. The van der Waals surface area contributed by atoms with Crippen molar-refractivity contribution in [3.8, 4) is 0 Å². The SMILES string of the molecule is CC(C)(C)c1[nH]ncc1CNc1cc(CSCCO)ccn1. The van der Waals surface area contributed by atoms with E-state index < -0.39 is 0 Å². The Bertz CT molecular complexity index is 592. The Morgan fingerprint density at radius 1 is 1.36 bits per heavy atom. The number of rotatable bonds is 7. The number of anilines is 1. The number of nitrogens with zero attached hydrogens (tertiary/aromatic N) is 2. The second-order valence-electron chi connectivity index (χ2n) is 6.20. The van der Waals surface area contributed by atoms with Crippen molar-refractivity contribution in [1.29, 1.82) is 0 Å². The zero-order valence-electron chi connectivity index (χ0n) is 13.4. The van der Waals surface area contributed by atoms with Gasteiger partial charge in [0.25, 0.3) is 0 Å². The number of pyridine rings is 1. The maximum Gasteiger partial charge on any atom is 0.126 e. The minimum atomic E-state index is 0.0454. The van der Waals surface area contributed by atoms with Crippen molar-refractivity contribution in [2.45, 2.75) is 38.5 Å². The van der Waals surface area contributed by atoms with Crippen LogP contribution in [0.3, 0.4) is 0 Å². The molecule has 0 aliphatic rings. The van der Waals surface area contributed by atoms with Crippen LogP contribution in [-0.2, 0) is 17.7 Å². The van der Waals surface area contributed by atoms with Gasteiger partial charge in [-0.1, -0.05) is 20.8 Å². The van der Waals surface area contributed by atoms with Gasteiger partial charge in [0.05, 0.1) is 12.8 Å². The van der Waals surface area contributed by atoms with Gasteiger partial charge < -0.3 is 10.4 Å². The number of aliphatic hydroxyl groups is 1. The Morgan fingerprint density at radius 2 is 2.18 bits per heavy atom. The fourth-order valence-corrected chi connectivity index (χ4v) is 2.88. The Balaban J connectivity index is 1.97. The summed E-state index contributed by atoms with van der Waals surface area (Å²) in [5, 5.41) is 19.4. The molecule has 2 heterocycles. The number of aromatic amines is 1. The van der Waals surface area contributed by atoms with Gasteiger partial charge in [-0.2, -0.15) is 16.9 Å². The number of hydrogen-bond donors (Lipinski definition) is 3. The molecule has 2 aromatic rings. The third kappa shape index (κ3) is 4.74. The zero-order valence-corrected chi connectivity index (χ0v) is 14.2. The van der Waals surface area contributed by atoms with Crippen LogP contribution in [0, 0.1) is 0 Å². The van der Waals surface area contributed by atoms with Gasteiger partial charge in [0, 0.05) is 40.9 Å². The number of hydrogen-bond acceptors (Lipinski definition) is 5. The Morgan fingerprint density at radius 3 is 2.91 bits per heavy atom. The summed E-state index contributed by atoms with van der Waals surface area (Å²) in [5.41, 5.74) is 3.56. The first kappa shape index (κ1) is 16.8. The van der Waals surface area contributed by atoms with Crippen molar-refractivity contribution < 1.29 is 5.11 Å². The molecule has 2 rings (SSSR count). The molecule has 0 aliphatic heterocycles. The molecule has 0 unspecified atom stereocenters. The summed E-state index contributed by atoms with van der Waals surface area (Å²) in [6, 6.07) is 4.06. The molecule has 0 radical (unpaired) electrons. The maximum absolute atomic E-state index is 8.83. The quantitative estimate of drug-likeness (QED) is 0.684. The van der Waals surface area contributed by atoms with E-state index in [1.165, 1.54) is 5.56 Å². The van der Waals surface area contributed by atoms with E-state index in [4.69, 9.17) is 5.11 Å². The molecule has 0 fully saturated rings. The molecule has 2 aromatic heterocycles. The van der Waals surface area contributed by atoms with Crippen LogP contribution in [0.5, 0.6) is 0 Å². The fourth-order valence-electron chi connectivity index (χ4n) is 2.20. The van der Waals surface area contributed by atoms with Gasteiger partial charge in [0.2, 0.25) is 0 Å². The lowest BCUT2D eigenvalue weighted by Gasteiger charge is -2.18. The standard InChI is InChI=1S/C16H24N4OS/c1-16(2,3)15-13(10-19-20-15)9-18-14-8-12(4-5-17-14)11-22-7-6-21/h4-5,8,10,21H,6-7,9,11H2,1-3H3,(H,17,18)(H,19,20). The number of thioether (sulfide) groups is 1. The van der Waals surface area contributed by atoms with Gasteiger partial charge in [-0.3, -0.25) is 5.10 Å². The van der Waals surface area contributed by atoms with Crippen LogP contribution in [0.2, 0.25) is 0 Å². The molecule has 5 nitrogen and oxygen atoms in total. The van der Waals surface area contributed by atoms with E-state index in [2.05, 4.69) is 47.3 Å². The van der Waals surface area contributed by atoms with Crippen molar-refractivity contribution in [1.82, 2.24) is 15.2 Å². The second-order valence-corrected chi connectivity index (χ2v) is 7.30. The molecule has 0 bridgehead atoms. The maximum atomic E-state index is 8.83. The van der Waals surface area contributed by atoms with Gasteiger partial charge in [-0.05, 0) is 17.7 Å². The fraction of sp³-hybridized carbons (Fsp3) is 0.500. The topological polar surface area (TPSA) is 73.8 Å². The number of aromatic nitrogens is 3. The van der Waals surface area contributed by atoms with Gasteiger partial charge in [0.1, 0.15) is 5.82 Å². The number of H-pyrrole nitrogens is 1. The van der Waals surface area contributed by atoms with Crippen LogP contribution in [0.1, 0.15) is 37.6 Å². The molecule has 0 spiro atoms. The average Bonchev–Trinajstić information content (AvgIpc) is 2.94. The summed E-state index contributed by atoms with van der Waals surface area (Å²) in [6.45, 7) is 7.42. The summed E-state index contributed by atoms with van der Waals surface area (Å²) in [4.78, 5) is 4.36. The highest BCUT2D eigenvalue weighted by molar-refractivity contribution is 7.98. The largest absolute Gasteiger partial charge is 0.396 e. The van der Waals surface area contributed by atoms with E-state index in [0.717, 1.165) is 28.6 Å². The van der Waals surface area contributed by atoms with Crippen molar-refractivity contribution in [2.75, 3.05) is 17.7 Å². The molecule has 0 saturated carbocycles. The lowest BCUT2D eigenvalue weighted by atomic mass is 9.89. The van der Waals surface area contributed by atoms with Crippen molar-refractivity contribution in [2.24, 2.45) is 0 Å². The Kier molecular flexibility index (Phi) is 5.85. The Hall–Kier alpha value is -1.53. The molecule has 0 aromatic carbocycles. The molecule has 120 valence electrons. The van der Waals surface area contributed by atoms with Gasteiger partial charge >= 0.3 is 0 Å². The highest BCUT2D eigenvalue weighted by Gasteiger charge is 2.19. The molecule has 0 atom stereocenters. The molecule has 0 aliphatic carbocycles. The smallest absolute Gasteiger partial charge is 0.126 e. The highest BCUT2D eigenvalue weighted by Crippen LogP contribution is 2.24. The van der Waals surface area contributed by atoms with Crippen LogP contribution in [0.25, 0.3) is 0 Å². The van der Waals surface area contributed by atoms with E-state index in [1.807, 2.05) is 18.5 Å². The van der Waals surface area contributed by atoms with Gasteiger partial charge in [0.15, 0.2) is 0 Å².